The Morgan fingerprint density at radius 1 is 1.28 bits per heavy atom. The van der Waals surface area contributed by atoms with Crippen molar-refractivity contribution < 1.29 is 4.74 Å². The van der Waals surface area contributed by atoms with Gasteiger partial charge in [0, 0.05) is 18.5 Å². The van der Waals surface area contributed by atoms with E-state index in [1.54, 1.807) is 4.68 Å². The van der Waals surface area contributed by atoms with Crippen LogP contribution in [-0.4, -0.2) is 9.78 Å². The van der Waals surface area contributed by atoms with Crippen LogP contribution in [0.3, 0.4) is 0 Å². The number of alkyl halides is 1. The standard InChI is InChI=1S/C13H14Cl2N2O/c1-9-12(13(15)17(2)16-9)8-18-11-5-3-10(7-14)4-6-11/h3-6H,7-8H2,1-2H3. The van der Waals surface area contributed by atoms with Crippen LogP contribution >= 0.6 is 23.2 Å². The van der Waals surface area contributed by atoms with Crippen LogP contribution in [0, 0.1) is 6.92 Å². The fourth-order valence-electron chi connectivity index (χ4n) is 1.67. The summed E-state index contributed by atoms with van der Waals surface area (Å²) in [6.45, 7) is 2.33. The third-order valence-corrected chi connectivity index (χ3v) is 3.51. The van der Waals surface area contributed by atoms with E-state index in [0.29, 0.717) is 17.6 Å². The van der Waals surface area contributed by atoms with E-state index in [1.165, 1.54) is 0 Å². The van der Waals surface area contributed by atoms with Crippen molar-refractivity contribution in [2.45, 2.75) is 19.4 Å². The van der Waals surface area contributed by atoms with Crippen molar-refractivity contribution in [2.24, 2.45) is 7.05 Å². The molecule has 1 aromatic carbocycles. The van der Waals surface area contributed by atoms with Crippen LogP contribution in [0.15, 0.2) is 24.3 Å². The molecule has 96 valence electrons. The van der Waals surface area contributed by atoms with Crippen LogP contribution < -0.4 is 4.74 Å². The fraction of sp³-hybridized carbons (Fsp3) is 0.308. The second-order valence-corrected chi connectivity index (χ2v) is 4.67. The molecule has 0 bridgehead atoms. The van der Waals surface area contributed by atoms with Gasteiger partial charge in [0.15, 0.2) is 0 Å². The topological polar surface area (TPSA) is 27.1 Å². The zero-order valence-electron chi connectivity index (χ0n) is 10.3. The van der Waals surface area contributed by atoms with Gasteiger partial charge >= 0.3 is 0 Å². The Morgan fingerprint density at radius 2 is 1.94 bits per heavy atom. The number of hydrogen-bond donors (Lipinski definition) is 0. The Bertz CT molecular complexity index is 535. The molecular formula is C13H14Cl2N2O. The number of halogens is 2. The smallest absolute Gasteiger partial charge is 0.133 e. The average Bonchev–Trinajstić information content (AvgIpc) is 2.62. The molecule has 1 heterocycles. The molecule has 0 spiro atoms. The SMILES string of the molecule is Cc1nn(C)c(Cl)c1COc1ccc(CCl)cc1. The van der Waals surface area contributed by atoms with Gasteiger partial charge in [0.25, 0.3) is 0 Å². The van der Waals surface area contributed by atoms with Crippen molar-refractivity contribution in [3.63, 3.8) is 0 Å². The van der Waals surface area contributed by atoms with Gasteiger partial charge in [-0.15, -0.1) is 11.6 Å². The maximum atomic E-state index is 6.13. The first-order valence-electron chi connectivity index (χ1n) is 5.57. The summed E-state index contributed by atoms with van der Waals surface area (Å²) in [5, 5.41) is 4.85. The van der Waals surface area contributed by atoms with Crippen LogP contribution in [0.2, 0.25) is 5.15 Å². The molecule has 0 unspecified atom stereocenters. The Labute approximate surface area is 116 Å². The number of benzene rings is 1. The highest BCUT2D eigenvalue weighted by Crippen LogP contribution is 2.21. The van der Waals surface area contributed by atoms with Crippen molar-refractivity contribution >= 4 is 23.2 Å². The molecule has 5 heteroatoms. The summed E-state index contributed by atoms with van der Waals surface area (Å²) >= 11 is 11.9. The summed E-state index contributed by atoms with van der Waals surface area (Å²) in [6.07, 6.45) is 0. The first kappa shape index (κ1) is 13.2. The van der Waals surface area contributed by atoms with Crippen molar-refractivity contribution in [3.05, 3.63) is 46.2 Å². The lowest BCUT2D eigenvalue weighted by atomic mass is 10.2. The van der Waals surface area contributed by atoms with E-state index < -0.39 is 0 Å². The number of aryl methyl sites for hydroxylation is 2. The second kappa shape index (κ2) is 5.63. The van der Waals surface area contributed by atoms with E-state index >= 15 is 0 Å². The molecule has 0 fully saturated rings. The maximum Gasteiger partial charge on any atom is 0.133 e. The molecule has 0 atom stereocenters. The van der Waals surface area contributed by atoms with Crippen molar-refractivity contribution in [1.29, 1.82) is 0 Å². The zero-order chi connectivity index (χ0) is 13.1. The van der Waals surface area contributed by atoms with Crippen LogP contribution in [0.1, 0.15) is 16.8 Å². The predicted molar refractivity (Wildman–Crippen MR) is 73.3 cm³/mol. The monoisotopic (exact) mass is 284 g/mol. The molecule has 3 nitrogen and oxygen atoms in total. The average molecular weight is 285 g/mol. The number of nitrogens with zero attached hydrogens (tertiary/aromatic N) is 2. The lowest BCUT2D eigenvalue weighted by molar-refractivity contribution is 0.305. The quantitative estimate of drug-likeness (QED) is 0.801. The molecule has 0 aliphatic carbocycles. The normalized spacial score (nSPS) is 10.7. The molecular weight excluding hydrogens is 271 g/mol. The highest BCUT2D eigenvalue weighted by atomic mass is 35.5. The fourth-order valence-corrected chi connectivity index (χ4v) is 2.08. The summed E-state index contributed by atoms with van der Waals surface area (Å²) in [6, 6.07) is 7.69. The number of ether oxygens (including phenoxy) is 1. The summed E-state index contributed by atoms with van der Waals surface area (Å²) in [5.41, 5.74) is 2.88. The van der Waals surface area contributed by atoms with Gasteiger partial charge in [0.05, 0.1) is 5.69 Å². The minimum absolute atomic E-state index is 0.415. The van der Waals surface area contributed by atoms with Crippen molar-refractivity contribution in [3.8, 4) is 5.75 Å². The van der Waals surface area contributed by atoms with E-state index in [-0.39, 0.29) is 0 Å². The molecule has 0 N–H and O–H groups in total. The predicted octanol–water partition coefficient (Wildman–Crippen LogP) is 3.70. The molecule has 0 amide bonds. The van der Waals surface area contributed by atoms with Gasteiger partial charge in [-0.2, -0.15) is 5.10 Å². The third kappa shape index (κ3) is 2.79. The van der Waals surface area contributed by atoms with Gasteiger partial charge in [-0.05, 0) is 24.6 Å². The van der Waals surface area contributed by atoms with Gasteiger partial charge in [0.1, 0.15) is 17.5 Å². The van der Waals surface area contributed by atoms with Gasteiger partial charge in [-0.3, -0.25) is 4.68 Å². The van der Waals surface area contributed by atoms with Crippen LogP contribution in [-0.2, 0) is 19.5 Å². The molecule has 2 rings (SSSR count). The second-order valence-electron chi connectivity index (χ2n) is 4.04. The molecule has 0 saturated heterocycles. The van der Waals surface area contributed by atoms with Crippen LogP contribution in [0.4, 0.5) is 0 Å². The molecule has 0 radical (unpaired) electrons. The summed E-state index contributed by atoms with van der Waals surface area (Å²) < 4.78 is 7.33. The minimum atomic E-state index is 0.415. The molecule has 0 aliphatic rings. The van der Waals surface area contributed by atoms with E-state index in [2.05, 4.69) is 5.10 Å². The third-order valence-electron chi connectivity index (χ3n) is 2.73. The molecule has 2 aromatic rings. The Kier molecular flexibility index (Phi) is 4.15. The number of aromatic nitrogens is 2. The highest BCUT2D eigenvalue weighted by Gasteiger charge is 2.11. The van der Waals surface area contributed by atoms with Gasteiger partial charge in [-0.25, -0.2) is 0 Å². The van der Waals surface area contributed by atoms with Gasteiger partial charge in [0.2, 0.25) is 0 Å². The zero-order valence-corrected chi connectivity index (χ0v) is 11.8. The summed E-state index contributed by atoms with van der Waals surface area (Å²) in [4.78, 5) is 0. The van der Waals surface area contributed by atoms with Crippen LogP contribution in [0.5, 0.6) is 5.75 Å². The minimum Gasteiger partial charge on any atom is -0.489 e. The Morgan fingerprint density at radius 3 is 2.44 bits per heavy atom. The largest absolute Gasteiger partial charge is 0.489 e. The Balaban J connectivity index is 2.06. The van der Waals surface area contributed by atoms with E-state index in [0.717, 1.165) is 22.6 Å². The molecule has 18 heavy (non-hydrogen) atoms. The van der Waals surface area contributed by atoms with Crippen molar-refractivity contribution in [2.75, 3.05) is 0 Å². The van der Waals surface area contributed by atoms with E-state index in [4.69, 9.17) is 27.9 Å². The Hall–Kier alpha value is -1.19. The van der Waals surface area contributed by atoms with Crippen molar-refractivity contribution in [1.82, 2.24) is 9.78 Å². The summed E-state index contributed by atoms with van der Waals surface area (Å²) in [7, 11) is 1.81. The highest BCUT2D eigenvalue weighted by molar-refractivity contribution is 6.30. The van der Waals surface area contributed by atoms with E-state index in [1.807, 2.05) is 38.2 Å². The molecule has 0 aliphatic heterocycles. The first-order valence-corrected chi connectivity index (χ1v) is 6.48. The number of hydrogen-bond acceptors (Lipinski definition) is 2. The maximum absolute atomic E-state index is 6.13. The van der Waals surface area contributed by atoms with E-state index in [9.17, 15) is 0 Å². The lowest BCUT2D eigenvalue weighted by Crippen LogP contribution is -1.97. The molecule has 1 aromatic heterocycles. The number of rotatable bonds is 4. The van der Waals surface area contributed by atoms with Crippen LogP contribution in [0.25, 0.3) is 0 Å². The van der Waals surface area contributed by atoms with Gasteiger partial charge in [-0.1, -0.05) is 23.7 Å². The molecule has 0 saturated carbocycles. The lowest BCUT2D eigenvalue weighted by Gasteiger charge is -2.06. The summed E-state index contributed by atoms with van der Waals surface area (Å²) in [5.74, 6) is 1.30. The first-order chi connectivity index (χ1) is 8.61. The van der Waals surface area contributed by atoms with Gasteiger partial charge < -0.3 is 4.74 Å².